The summed E-state index contributed by atoms with van der Waals surface area (Å²) in [6.45, 7) is 4.83. The largest absolute Gasteiger partial charge is 0.434 e. The molecule has 0 unspecified atom stereocenters. The number of halogens is 1. The van der Waals surface area contributed by atoms with Gasteiger partial charge in [0.25, 0.3) is 0 Å². The summed E-state index contributed by atoms with van der Waals surface area (Å²) in [6, 6.07) is 3.15. The molecule has 1 aliphatic rings. The Kier molecular flexibility index (Phi) is 5.03. The summed E-state index contributed by atoms with van der Waals surface area (Å²) in [4.78, 5) is 13.8. The molecule has 0 saturated carbocycles. The summed E-state index contributed by atoms with van der Waals surface area (Å²) < 4.78 is 11.0. The lowest BCUT2D eigenvalue weighted by Crippen LogP contribution is -2.42. The third-order valence-corrected chi connectivity index (χ3v) is 3.05. The second-order valence-electron chi connectivity index (χ2n) is 3.94. The summed E-state index contributed by atoms with van der Waals surface area (Å²) in [6.07, 6.45) is 0. The molecule has 0 radical (unpaired) electrons. The number of morpholine rings is 1. The van der Waals surface area contributed by atoms with Gasteiger partial charge in [0, 0.05) is 32.2 Å². The topological polar surface area (TPSA) is 66.7 Å². The molecule has 0 aromatic carbocycles. The third-order valence-electron chi connectivity index (χ3n) is 2.63. The van der Waals surface area contributed by atoms with Crippen LogP contribution in [0.25, 0.3) is 0 Å². The van der Waals surface area contributed by atoms with Crippen molar-refractivity contribution >= 4 is 27.8 Å². The number of nitrogens with zero attached hydrogens (tertiary/aromatic N) is 1. The van der Waals surface area contributed by atoms with Crippen LogP contribution < -0.4 is 10.6 Å². The number of carbonyl (C=O) groups excluding carboxylic acids is 1. The van der Waals surface area contributed by atoms with Crippen LogP contribution in [0.5, 0.6) is 0 Å². The van der Waals surface area contributed by atoms with Crippen molar-refractivity contribution in [2.75, 3.05) is 44.7 Å². The molecule has 1 saturated heterocycles. The first kappa shape index (κ1) is 13.4. The maximum atomic E-state index is 11.5. The Labute approximate surface area is 114 Å². The zero-order valence-electron chi connectivity index (χ0n) is 9.95. The highest BCUT2D eigenvalue weighted by molar-refractivity contribution is 9.10. The number of urea groups is 1. The van der Waals surface area contributed by atoms with E-state index in [4.69, 9.17) is 9.15 Å². The lowest BCUT2D eigenvalue weighted by molar-refractivity contribution is 0.0388. The highest BCUT2D eigenvalue weighted by atomic mass is 79.9. The second kappa shape index (κ2) is 6.77. The van der Waals surface area contributed by atoms with Gasteiger partial charge in [-0.2, -0.15) is 0 Å². The number of ether oxygens (including phenoxy) is 1. The van der Waals surface area contributed by atoms with E-state index in [-0.39, 0.29) is 6.03 Å². The quantitative estimate of drug-likeness (QED) is 0.883. The Balaban J connectivity index is 1.62. The van der Waals surface area contributed by atoms with Gasteiger partial charge in [-0.05, 0) is 22.0 Å². The molecule has 100 valence electrons. The average Bonchev–Trinajstić information content (AvgIpc) is 2.76. The molecule has 6 nitrogen and oxygen atoms in total. The Hall–Kier alpha value is -1.05. The molecule has 0 bridgehead atoms. The van der Waals surface area contributed by atoms with E-state index in [1.54, 1.807) is 12.1 Å². The Bertz CT molecular complexity index is 391. The standard InChI is InChI=1S/C11H16BrN3O3/c12-9-1-2-10(18-9)14-11(16)13-3-4-15-5-7-17-8-6-15/h1-2H,3-8H2,(H2,13,14,16). The van der Waals surface area contributed by atoms with E-state index in [1.807, 2.05) is 0 Å². The average molecular weight is 318 g/mol. The van der Waals surface area contributed by atoms with Gasteiger partial charge < -0.3 is 14.5 Å². The Morgan fingerprint density at radius 2 is 2.17 bits per heavy atom. The van der Waals surface area contributed by atoms with Crippen LogP contribution in [-0.2, 0) is 4.74 Å². The SMILES string of the molecule is O=C(NCCN1CCOCC1)Nc1ccc(Br)o1. The molecule has 7 heteroatoms. The van der Waals surface area contributed by atoms with Crippen LogP contribution >= 0.6 is 15.9 Å². The molecular weight excluding hydrogens is 302 g/mol. The van der Waals surface area contributed by atoms with Gasteiger partial charge in [0.1, 0.15) is 0 Å². The predicted octanol–water partition coefficient (Wildman–Crippen LogP) is 1.50. The minimum absolute atomic E-state index is 0.259. The third kappa shape index (κ3) is 4.32. The van der Waals surface area contributed by atoms with Crippen molar-refractivity contribution in [2.45, 2.75) is 0 Å². The van der Waals surface area contributed by atoms with E-state index in [1.165, 1.54) is 0 Å². The predicted molar refractivity (Wildman–Crippen MR) is 70.7 cm³/mol. The van der Waals surface area contributed by atoms with E-state index in [0.717, 1.165) is 32.8 Å². The Morgan fingerprint density at radius 3 is 2.83 bits per heavy atom. The van der Waals surface area contributed by atoms with Crippen molar-refractivity contribution in [3.8, 4) is 0 Å². The molecule has 1 aromatic heterocycles. The molecule has 18 heavy (non-hydrogen) atoms. The summed E-state index contributed by atoms with van der Waals surface area (Å²) in [5.41, 5.74) is 0. The van der Waals surface area contributed by atoms with Gasteiger partial charge in [0.05, 0.1) is 13.2 Å². The number of hydrogen-bond donors (Lipinski definition) is 2. The number of carbonyl (C=O) groups is 1. The first-order valence-electron chi connectivity index (χ1n) is 5.84. The lowest BCUT2D eigenvalue weighted by Gasteiger charge is -2.26. The number of anilines is 1. The van der Waals surface area contributed by atoms with Gasteiger partial charge in [-0.1, -0.05) is 0 Å². The smallest absolute Gasteiger partial charge is 0.321 e. The zero-order chi connectivity index (χ0) is 12.8. The van der Waals surface area contributed by atoms with Gasteiger partial charge in [0.15, 0.2) is 4.67 Å². The Morgan fingerprint density at radius 1 is 1.39 bits per heavy atom. The molecule has 2 N–H and O–H groups in total. The number of furan rings is 1. The molecule has 2 heterocycles. The number of rotatable bonds is 4. The zero-order valence-corrected chi connectivity index (χ0v) is 11.5. The number of amides is 2. The summed E-state index contributed by atoms with van der Waals surface area (Å²) in [5.74, 6) is 0.422. The highest BCUT2D eigenvalue weighted by Crippen LogP contribution is 2.17. The fourth-order valence-electron chi connectivity index (χ4n) is 1.69. The fourth-order valence-corrected chi connectivity index (χ4v) is 2.00. The summed E-state index contributed by atoms with van der Waals surface area (Å²) in [5, 5.41) is 5.39. The van der Waals surface area contributed by atoms with Crippen LogP contribution in [0.1, 0.15) is 0 Å². The molecular formula is C11H16BrN3O3. The molecule has 0 spiro atoms. The van der Waals surface area contributed by atoms with E-state index >= 15 is 0 Å². The second-order valence-corrected chi connectivity index (χ2v) is 4.72. The molecule has 2 rings (SSSR count). The highest BCUT2D eigenvalue weighted by Gasteiger charge is 2.10. The van der Waals surface area contributed by atoms with Crippen molar-refractivity contribution in [1.29, 1.82) is 0 Å². The first-order valence-corrected chi connectivity index (χ1v) is 6.63. The van der Waals surface area contributed by atoms with Crippen LogP contribution in [0.2, 0.25) is 0 Å². The minimum atomic E-state index is -0.259. The maximum Gasteiger partial charge on any atom is 0.321 e. The van der Waals surface area contributed by atoms with Crippen LogP contribution in [-0.4, -0.2) is 50.3 Å². The first-order chi connectivity index (χ1) is 8.74. The van der Waals surface area contributed by atoms with Gasteiger partial charge in [0.2, 0.25) is 5.88 Å². The molecule has 0 atom stereocenters. The van der Waals surface area contributed by atoms with Crippen LogP contribution in [0.3, 0.4) is 0 Å². The normalized spacial score (nSPS) is 16.5. The van der Waals surface area contributed by atoms with E-state index < -0.39 is 0 Å². The van der Waals surface area contributed by atoms with Gasteiger partial charge in [-0.3, -0.25) is 10.2 Å². The van der Waals surface area contributed by atoms with Crippen LogP contribution in [0, 0.1) is 0 Å². The van der Waals surface area contributed by atoms with Gasteiger partial charge in [-0.25, -0.2) is 4.79 Å². The van der Waals surface area contributed by atoms with Crippen molar-refractivity contribution in [3.63, 3.8) is 0 Å². The van der Waals surface area contributed by atoms with Crippen LogP contribution in [0.4, 0.5) is 10.7 Å². The summed E-state index contributed by atoms with van der Waals surface area (Å²) in [7, 11) is 0. The fraction of sp³-hybridized carbons (Fsp3) is 0.545. The monoisotopic (exact) mass is 317 g/mol. The van der Waals surface area contributed by atoms with E-state index in [0.29, 0.717) is 17.1 Å². The van der Waals surface area contributed by atoms with Gasteiger partial charge in [-0.15, -0.1) is 0 Å². The molecule has 1 aromatic rings. The van der Waals surface area contributed by atoms with Crippen molar-refractivity contribution < 1.29 is 13.9 Å². The molecule has 1 fully saturated rings. The maximum absolute atomic E-state index is 11.5. The van der Waals surface area contributed by atoms with Crippen molar-refractivity contribution in [3.05, 3.63) is 16.8 Å². The van der Waals surface area contributed by atoms with Crippen molar-refractivity contribution in [2.24, 2.45) is 0 Å². The number of hydrogen-bond acceptors (Lipinski definition) is 4. The minimum Gasteiger partial charge on any atom is -0.434 e. The number of nitrogens with one attached hydrogen (secondary N) is 2. The molecule has 2 amide bonds. The van der Waals surface area contributed by atoms with Crippen molar-refractivity contribution in [1.82, 2.24) is 10.2 Å². The lowest BCUT2D eigenvalue weighted by atomic mass is 10.4. The van der Waals surface area contributed by atoms with E-state index in [9.17, 15) is 4.79 Å². The van der Waals surface area contributed by atoms with E-state index in [2.05, 4.69) is 31.5 Å². The summed E-state index contributed by atoms with van der Waals surface area (Å²) >= 11 is 3.17. The van der Waals surface area contributed by atoms with Gasteiger partial charge >= 0.3 is 6.03 Å². The molecule has 1 aliphatic heterocycles. The van der Waals surface area contributed by atoms with Crippen LogP contribution in [0.15, 0.2) is 21.2 Å². The molecule has 0 aliphatic carbocycles.